The lowest BCUT2D eigenvalue weighted by atomic mass is 10.1. The van der Waals surface area contributed by atoms with Crippen molar-refractivity contribution >= 4 is 17.9 Å². The Morgan fingerprint density at radius 2 is 2.08 bits per heavy atom. The maximum absolute atomic E-state index is 12.2. The van der Waals surface area contributed by atoms with Crippen LogP contribution < -0.4 is 5.32 Å². The van der Waals surface area contributed by atoms with Crippen LogP contribution in [0, 0.1) is 0 Å². The Labute approximate surface area is 153 Å². The summed E-state index contributed by atoms with van der Waals surface area (Å²) in [5, 5.41) is 2.98. The van der Waals surface area contributed by atoms with Gasteiger partial charge in [-0.3, -0.25) is 9.59 Å². The van der Waals surface area contributed by atoms with Crippen molar-refractivity contribution in [3.63, 3.8) is 0 Å². The van der Waals surface area contributed by atoms with Gasteiger partial charge in [-0.05, 0) is 31.9 Å². The molecule has 1 aliphatic heterocycles. The van der Waals surface area contributed by atoms with Crippen molar-refractivity contribution in [1.29, 1.82) is 0 Å². The van der Waals surface area contributed by atoms with Gasteiger partial charge < -0.3 is 24.3 Å². The van der Waals surface area contributed by atoms with E-state index < -0.39 is 0 Å². The van der Waals surface area contributed by atoms with Gasteiger partial charge in [0.15, 0.2) is 0 Å². The van der Waals surface area contributed by atoms with Crippen LogP contribution in [0.15, 0.2) is 22.8 Å². The van der Waals surface area contributed by atoms with Crippen LogP contribution in [-0.4, -0.2) is 60.0 Å². The largest absolute Gasteiger partial charge is 0.467 e. The van der Waals surface area contributed by atoms with Crippen molar-refractivity contribution in [2.45, 2.75) is 45.7 Å². The van der Waals surface area contributed by atoms with Crippen molar-refractivity contribution < 1.29 is 23.5 Å². The van der Waals surface area contributed by atoms with E-state index in [0.717, 1.165) is 0 Å². The number of ether oxygens (including phenoxy) is 1. The molecule has 8 nitrogen and oxygen atoms in total. The number of rotatable bonds is 7. The maximum atomic E-state index is 12.2. The van der Waals surface area contributed by atoms with Gasteiger partial charge in [-0.1, -0.05) is 0 Å². The van der Waals surface area contributed by atoms with Crippen LogP contribution in [0.2, 0.25) is 0 Å². The number of hydrogen-bond acceptors (Lipinski definition) is 5. The fraction of sp³-hybridized carbons (Fsp3) is 0.611. The monoisotopic (exact) mass is 365 g/mol. The second-order valence-electron chi connectivity index (χ2n) is 6.30. The van der Waals surface area contributed by atoms with E-state index in [-0.39, 0.29) is 30.4 Å². The average Bonchev–Trinajstić information content (AvgIpc) is 3.12. The predicted octanol–water partition coefficient (Wildman–Crippen LogP) is 1.76. The van der Waals surface area contributed by atoms with E-state index in [1.54, 1.807) is 35.1 Å². The van der Waals surface area contributed by atoms with Gasteiger partial charge in [0, 0.05) is 39.0 Å². The number of carbonyl (C=O) groups is 3. The summed E-state index contributed by atoms with van der Waals surface area (Å²) in [5.41, 5.74) is 0. The molecule has 1 saturated heterocycles. The third-order valence-electron chi connectivity index (χ3n) is 4.37. The van der Waals surface area contributed by atoms with E-state index in [1.165, 1.54) is 6.92 Å². The molecule has 1 aliphatic rings. The molecule has 8 heteroatoms. The van der Waals surface area contributed by atoms with Gasteiger partial charge in [-0.2, -0.15) is 0 Å². The first-order chi connectivity index (χ1) is 12.5. The molecule has 0 aliphatic carbocycles. The van der Waals surface area contributed by atoms with Crippen LogP contribution >= 0.6 is 0 Å². The first kappa shape index (κ1) is 19.8. The number of nitrogens with zero attached hydrogens (tertiary/aromatic N) is 2. The molecular formula is C18H27N3O5. The zero-order chi connectivity index (χ0) is 18.9. The molecule has 0 radical (unpaired) electrons. The summed E-state index contributed by atoms with van der Waals surface area (Å²) >= 11 is 0. The topological polar surface area (TPSA) is 92.1 Å². The van der Waals surface area contributed by atoms with Gasteiger partial charge in [0.2, 0.25) is 11.8 Å². The van der Waals surface area contributed by atoms with Crippen molar-refractivity contribution in [3.05, 3.63) is 24.2 Å². The molecule has 3 amide bonds. The fourth-order valence-corrected chi connectivity index (χ4v) is 2.90. The molecule has 2 rings (SSSR count). The minimum atomic E-state index is -0.299. The summed E-state index contributed by atoms with van der Waals surface area (Å²) in [7, 11) is 0. The third kappa shape index (κ3) is 6.09. The van der Waals surface area contributed by atoms with Crippen molar-refractivity contribution in [1.82, 2.24) is 15.1 Å². The van der Waals surface area contributed by atoms with E-state index in [2.05, 4.69) is 5.32 Å². The zero-order valence-electron chi connectivity index (χ0n) is 15.4. The minimum absolute atomic E-state index is 0.0454. The molecular weight excluding hydrogens is 338 g/mol. The van der Waals surface area contributed by atoms with Crippen molar-refractivity contribution in [2.75, 3.05) is 26.2 Å². The highest BCUT2D eigenvalue weighted by atomic mass is 16.6. The number of carbonyl (C=O) groups excluding carboxylic acids is 3. The van der Waals surface area contributed by atoms with Crippen LogP contribution in [0.1, 0.15) is 38.9 Å². The SMILES string of the molecule is CCOC(=O)N1CCC(NC(=O)CCN(Cc2ccco2)C(C)=O)CC1. The van der Waals surface area contributed by atoms with E-state index in [9.17, 15) is 14.4 Å². The maximum Gasteiger partial charge on any atom is 0.409 e. The second kappa shape index (κ2) is 9.84. The fourth-order valence-electron chi connectivity index (χ4n) is 2.90. The summed E-state index contributed by atoms with van der Waals surface area (Å²) in [6, 6.07) is 3.61. The summed E-state index contributed by atoms with van der Waals surface area (Å²) in [6.07, 6.45) is 2.90. The van der Waals surface area contributed by atoms with Gasteiger partial charge in [0.25, 0.3) is 0 Å². The summed E-state index contributed by atoms with van der Waals surface area (Å²) in [5.74, 6) is 0.495. The Morgan fingerprint density at radius 1 is 1.35 bits per heavy atom. The standard InChI is InChI=1S/C18H27N3O5/c1-3-25-18(24)20-9-6-15(7-10-20)19-17(23)8-11-21(14(2)22)13-16-5-4-12-26-16/h4-5,12,15H,3,6-11,13H2,1-2H3,(H,19,23). The Morgan fingerprint density at radius 3 is 2.65 bits per heavy atom. The molecule has 26 heavy (non-hydrogen) atoms. The number of likely N-dealkylation sites (tertiary alicyclic amines) is 1. The summed E-state index contributed by atoms with van der Waals surface area (Å²) < 4.78 is 10.2. The normalized spacial score (nSPS) is 14.8. The van der Waals surface area contributed by atoms with Crippen LogP contribution in [0.4, 0.5) is 4.79 Å². The lowest BCUT2D eigenvalue weighted by molar-refractivity contribution is -0.130. The van der Waals surface area contributed by atoms with Gasteiger partial charge in [0.05, 0.1) is 19.4 Å². The zero-order valence-corrected chi connectivity index (χ0v) is 15.4. The number of furan rings is 1. The predicted molar refractivity (Wildman–Crippen MR) is 94.2 cm³/mol. The Bertz CT molecular complexity index is 594. The lowest BCUT2D eigenvalue weighted by Crippen LogP contribution is -2.47. The van der Waals surface area contributed by atoms with Crippen LogP contribution in [0.5, 0.6) is 0 Å². The highest BCUT2D eigenvalue weighted by Gasteiger charge is 2.24. The number of piperidine rings is 1. The first-order valence-corrected chi connectivity index (χ1v) is 8.98. The van der Waals surface area contributed by atoms with Crippen LogP contribution in [0.25, 0.3) is 0 Å². The molecule has 0 spiro atoms. The lowest BCUT2D eigenvalue weighted by Gasteiger charge is -2.31. The van der Waals surface area contributed by atoms with Crippen molar-refractivity contribution in [3.8, 4) is 0 Å². The van der Waals surface area contributed by atoms with E-state index >= 15 is 0 Å². The Balaban J connectivity index is 1.71. The highest BCUT2D eigenvalue weighted by Crippen LogP contribution is 2.12. The van der Waals surface area contributed by atoms with Gasteiger partial charge in [0.1, 0.15) is 5.76 Å². The molecule has 1 aromatic heterocycles. The molecule has 2 heterocycles. The molecule has 1 aromatic rings. The Kier molecular flexibility index (Phi) is 7.50. The van der Waals surface area contributed by atoms with Crippen LogP contribution in [-0.2, 0) is 20.9 Å². The number of hydrogen-bond donors (Lipinski definition) is 1. The highest BCUT2D eigenvalue weighted by molar-refractivity contribution is 5.78. The number of nitrogens with one attached hydrogen (secondary N) is 1. The molecule has 0 unspecified atom stereocenters. The van der Waals surface area contributed by atoms with E-state index in [1.807, 2.05) is 0 Å². The van der Waals surface area contributed by atoms with Crippen LogP contribution in [0.3, 0.4) is 0 Å². The van der Waals surface area contributed by atoms with E-state index in [4.69, 9.17) is 9.15 Å². The first-order valence-electron chi connectivity index (χ1n) is 8.98. The minimum Gasteiger partial charge on any atom is -0.467 e. The summed E-state index contributed by atoms with van der Waals surface area (Å²) in [6.45, 7) is 5.45. The van der Waals surface area contributed by atoms with Crippen molar-refractivity contribution in [2.24, 2.45) is 0 Å². The smallest absolute Gasteiger partial charge is 0.409 e. The molecule has 0 saturated carbocycles. The molecule has 1 N–H and O–H groups in total. The summed E-state index contributed by atoms with van der Waals surface area (Å²) in [4.78, 5) is 38.8. The Hall–Kier alpha value is -2.51. The van der Waals surface area contributed by atoms with Gasteiger partial charge in [-0.25, -0.2) is 4.79 Å². The molecule has 0 atom stereocenters. The van der Waals surface area contributed by atoms with E-state index in [0.29, 0.717) is 51.4 Å². The third-order valence-corrected chi connectivity index (χ3v) is 4.37. The van der Waals surface area contributed by atoms with Gasteiger partial charge >= 0.3 is 6.09 Å². The molecule has 144 valence electrons. The molecule has 1 fully saturated rings. The average molecular weight is 365 g/mol. The van der Waals surface area contributed by atoms with Gasteiger partial charge in [-0.15, -0.1) is 0 Å². The number of amides is 3. The second-order valence-corrected chi connectivity index (χ2v) is 6.30. The molecule has 0 aromatic carbocycles. The molecule has 0 bridgehead atoms. The quantitative estimate of drug-likeness (QED) is 0.795.